The number of rotatable bonds is 8. The summed E-state index contributed by atoms with van der Waals surface area (Å²) >= 11 is 0. The summed E-state index contributed by atoms with van der Waals surface area (Å²) in [5, 5.41) is 3.28. The number of ether oxygens (including phenoxy) is 1. The first-order valence-electron chi connectivity index (χ1n) is 7.51. The van der Waals surface area contributed by atoms with Crippen LogP contribution in [0.4, 0.5) is 11.6 Å². The highest BCUT2D eigenvalue weighted by Gasteiger charge is 2.30. The number of hydrogen-bond acceptors (Lipinski definition) is 5. The smallest absolute Gasteiger partial charge is 0.158 e. The molecule has 1 aromatic rings. The Hall–Kier alpha value is -1.36. The summed E-state index contributed by atoms with van der Waals surface area (Å²) in [7, 11) is 1.68. The van der Waals surface area contributed by atoms with Gasteiger partial charge in [0.2, 0.25) is 0 Å². The van der Waals surface area contributed by atoms with Crippen molar-refractivity contribution in [3.8, 4) is 0 Å². The minimum atomic E-state index is 0.451. The second-order valence-corrected chi connectivity index (χ2v) is 5.77. The van der Waals surface area contributed by atoms with E-state index in [0.29, 0.717) is 18.6 Å². The zero-order valence-electron chi connectivity index (χ0n) is 13.0. The highest BCUT2D eigenvalue weighted by Crippen LogP contribution is 2.32. The van der Waals surface area contributed by atoms with Crippen molar-refractivity contribution in [1.82, 2.24) is 9.97 Å². The van der Waals surface area contributed by atoms with Crippen LogP contribution in [0.2, 0.25) is 0 Å². The number of aromatic nitrogens is 2. The molecule has 0 bridgehead atoms. The van der Waals surface area contributed by atoms with E-state index in [0.717, 1.165) is 30.5 Å². The molecule has 20 heavy (non-hydrogen) atoms. The highest BCUT2D eigenvalue weighted by atomic mass is 16.5. The van der Waals surface area contributed by atoms with Crippen LogP contribution < -0.4 is 10.2 Å². The lowest BCUT2D eigenvalue weighted by Crippen LogP contribution is -2.31. The maximum Gasteiger partial charge on any atom is 0.158 e. The molecule has 0 saturated heterocycles. The lowest BCUT2D eigenvalue weighted by molar-refractivity contribution is 0.178. The largest absolute Gasteiger partial charge is 0.377 e. The number of nitrogens with zero attached hydrogens (tertiary/aromatic N) is 3. The number of nitrogens with one attached hydrogen (secondary N) is 1. The lowest BCUT2D eigenvalue weighted by Gasteiger charge is -2.26. The zero-order valence-corrected chi connectivity index (χ0v) is 13.0. The Morgan fingerprint density at radius 2 is 2.15 bits per heavy atom. The van der Waals surface area contributed by atoms with Crippen LogP contribution in [-0.4, -0.2) is 36.2 Å². The van der Waals surface area contributed by atoms with E-state index in [1.165, 1.54) is 12.8 Å². The highest BCUT2D eigenvalue weighted by molar-refractivity contribution is 5.51. The molecule has 0 amide bonds. The fourth-order valence-electron chi connectivity index (χ4n) is 2.30. The molecule has 0 spiro atoms. The predicted molar refractivity (Wildman–Crippen MR) is 82.1 cm³/mol. The maximum atomic E-state index is 5.18. The molecule has 5 heteroatoms. The van der Waals surface area contributed by atoms with E-state index < -0.39 is 0 Å². The molecule has 1 aromatic heterocycles. The SMILES string of the molecule is CCNc1cc(N(CC(C)C)C2CC2)nc(COC)n1. The Morgan fingerprint density at radius 3 is 2.70 bits per heavy atom. The maximum absolute atomic E-state index is 5.18. The third-order valence-corrected chi connectivity index (χ3v) is 3.23. The molecule has 112 valence electrons. The summed E-state index contributed by atoms with van der Waals surface area (Å²) in [6.07, 6.45) is 2.54. The van der Waals surface area contributed by atoms with Gasteiger partial charge in [0.15, 0.2) is 5.82 Å². The van der Waals surface area contributed by atoms with Crippen molar-refractivity contribution in [3.63, 3.8) is 0 Å². The molecular weight excluding hydrogens is 252 g/mol. The summed E-state index contributed by atoms with van der Waals surface area (Å²) in [6, 6.07) is 2.71. The molecule has 1 aliphatic rings. The third kappa shape index (κ3) is 4.07. The van der Waals surface area contributed by atoms with Gasteiger partial charge in [-0.1, -0.05) is 13.8 Å². The molecule has 1 saturated carbocycles. The Balaban J connectivity index is 2.26. The molecule has 5 nitrogen and oxygen atoms in total. The minimum absolute atomic E-state index is 0.451. The monoisotopic (exact) mass is 278 g/mol. The number of anilines is 2. The standard InChI is InChI=1S/C15H26N4O/c1-5-16-13-8-15(18-14(17-13)10-20-4)19(9-11(2)3)12-6-7-12/h8,11-12H,5-7,9-10H2,1-4H3,(H,16,17,18). The van der Waals surface area contributed by atoms with E-state index in [1.54, 1.807) is 7.11 Å². The van der Waals surface area contributed by atoms with Crippen molar-refractivity contribution in [3.05, 3.63) is 11.9 Å². The molecule has 1 fully saturated rings. The Bertz CT molecular complexity index is 408. The zero-order chi connectivity index (χ0) is 14.5. The van der Waals surface area contributed by atoms with Crippen molar-refractivity contribution < 1.29 is 4.74 Å². The van der Waals surface area contributed by atoms with Crippen molar-refractivity contribution >= 4 is 11.6 Å². The Kier molecular flexibility index (Phi) is 5.17. The van der Waals surface area contributed by atoms with Gasteiger partial charge in [0.1, 0.15) is 18.2 Å². The van der Waals surface area contributed by atoms with Gasteiger partial charge < -0.3 is 15.0 Å². The normalized spacial score (nSPS) is 14.7. The summed E-state index contributed by atoms with van der Waals surface area (Å²) in [4.78, 5) is 11.6. The van der Waals surface area contributed by atoms with Gasteiger partial charge in [-0.3, -0.25) is 0 Å². The molecule has 0 unspecified atom stereocenters. The van der Waals surface area contributed by atoms with Crippen molar-refractivity contribution in [2.75, 3.05) is 30.4 Å². The number of hydrogen-bond donors (Lipinski definition) is 1. The fourth-order valence-corrected chi connectivity index (χ4v) is 2.30. The fraction of sp³-hybridized carbons (Fsp3) is 0.733. The molecule has 1 heterocycles. The van der Waals surface area contributed by atoms with Gasteiger partial charge in [0, 0.05) is 32.3 Å². The third-order valence-electron chi connectivity index (χ3n) is 3.23. The van der Waals surface area contributed by atoms with Gasteiger partial charge in [-0.05, 0) is 25.7 Å². The summed E-state index contributed by atoms with van der Waals surface area (Å²) in [5.41, 5.74) is 0. The molecule has 0 aromatic carbocycles. The summed E-state index contributed by atoms with van der Waals surface area (Å²) < 4.78 is 5.18. The topological polar surface area (TPSA) is 50.3 Å². The molecular formula is C15H26N4O. The van der Waals surface area contributed by atoms with Crippen LogP contribution in [0.1, 0.15) is 39.4 Å². The van der Waals surface area contributed by atoms with E-state index in [9.17, 15) is 0 Å². The van der Waals surface area contributed by atoms with Crippen LogP contribution in [0.15, 0.2) is 6.07 Å². The van der Waals surface area contributed by atoms with Crippen molar-refractivity contribution in [1.29, 1.82) is 0 Å². The van der Waals surface area contributed by atoms with Gasteiger partial charge in [-0.15, -0.1) is 0 Å². The quantitative estimate of drug-likeness (QED) is 0.792. The number of methoxy groups -OCH3 is 1. The predicted octanol–water partition coefficient (Wildman–Crippen LogP) is 2.68. The van der Waals surface area contributed by atoms with E-state index >= 15 is 0 Å². The van der Waals surface area contributed by atoms with Gasteiger partial charge in [0.25, 0.3) is 0 Å². The van der Waals surface area contributed by atoms with Crippen LogP contribution in [0.5, 0.6) is 0 Å². The summed E-state index contributed by atoms with van der Waals surface area (Å²) in [6.45, 7) is 8.92. The Labute approximate surface area is 121 Å². The second kappa shape index (κ2) is 6.88. The van der Waals surface area contributed by atoms with Crippen LogP contribution >= 0.6 is 0 Å². The van der Waals surface area contributed by atoms with Gasteiger partial charge >= 0.3 is 0 Å². The van der Waals surface area contributed by atoms with Gasteiger partial charge in [0.05, 0.1) is 0 Å². The lowest BCUT2D eigenvalue weighted by atomic mass is 10.2. The van der Waals surface area contributed by atoms with Gasteiger partial charge in [-0.2, -0.15) is 0 Å². The summed E-state index contributed by atoms with van der Waals surface area (Å²) in [5.74, 6) is 3.28. The first-order valence-corrected chi connectivity index (χ1v) is 7.51. The minimum Gasteiger partial charge on any atom is -0.377 e. The molecule has 0 aliphatic heterocycles. The Morgan fingerprint density at radius 1 is 1.40 bits per heavy atom. The molecule has 1 aliphatic carbocycles. The first-order chi connectivity index (χ1) is 9.63. The average Bonchev–Trinajstić information content (AvgIpc) is 3.20. The molecule has 0 radical (unpaired) electrons. The molecule has 0 atom stereocenters. The van der Waals surface area contributed by atoms with Crippen LogP contribution in [0, 0.1) is 5.92 Å². The van der Waals surface area contributed by atoms with Crippen LogP contribution in [0.3, 0.4) is 0 Å². The second-order valence-electron chi connectivity index (χ2n) is 5.77. The van der Waals surface area contributed by atoms with E-state index in [1.807, 2.05) is 0 Å². The van der Waals surface area contributed by atoms with Crippen LogP contribution in [-0.2, 0) is 11.3 Å². The first kappa shape index (κ1) is 15.0. The average molecular weight is 278 g/mol. The van der Waals surface area contributed by atoms with Gasteiger partial charge in [-0.25, -0.2) is 9.97 Å². The molecule has 1 N–H and O–H groups in total. The van der Waals surface area contributed by atoms with Crippen molar-refractivity contribution in [2.24, 2.45) is 5.92 Å². The molecule has 2 rings (SSSR count). The van der Waals surface area contributed by atoms with E-state index in [4.69, 9.17) is 4.74 Å². The van der Waals surface area contributed by atoms with Crippen molar-refractivity contribution in [2.45, 2.75) is 46.3 Å². The van der Waals surface area contributed by atoms with E-state index in [2.05, 4.69) is 47.0 Å². The van der Waals surface area contributed by atoms with E-state index in [-0.39, 0.29) is 0 Å². The van der Waals surface area contributed by atoms with Crippen LogP contribution in [0.25, 0.3) is 0 Å².